The smallest absolute Gasteiger partial charge is 0.338 e. The molecule has 0 aliphatic rings. The first-order chi connectivity index (χ1) is 8.72. The van der Waals surface area contributed by atoms with Crippen LogP contribution in [-0.2, 0) is 16.0 Å². The van der Waals surface area contributed by atoms with Gasteiger partial charge >= 0.3 is 5.97 Å². The van der Waals surface area contributed by atoms with Gasteiger partial charge in [0.2, 0.25) is 0 Å². The van der Waals surface area contributed by atoms with Crippen molar-refractivity contribution < 1.29 is 14.3 Å². The van der Waals surface area contributed by atoms with Crippen LogP contribution in [0, 0.1) is 0 Å². The van der Waals surface area contributed by atoms with Gasteiger partial charge in [-0.1, -0.05) is 25.1 Å². The summed E-state index contributed by atoms with van der Waals surface area (Å²) in [5.41, 5.74) is 1.62. The third-order valence-corrected chi connectivity index (χ3v) is 2.88. The molecule has 0 spiro atoms. The summed E-state index contributed by atoms with van der Waals surface area (Å²) in [6.07, 6.45) is 0. The van der Waals surface area contributed by atoms with Gasteiger partial charge in [-0.25, -0.2) is 4.79 Å². The summed E-state index contributed by atoms with van der Waals surface area (Å²) in [6.45, 7) is 5.27. The van der Waals surface area contributed by atoms with E-state index in [4.69, 9.17) is 9.47 Å². The van der Waals surface area contributed by atoms with E-state index in [1.165, 1.54) is 7.11 Å². The number of hydrogen-bond donors (Lipinski definition) is 0. The van der Waals surface area contributed by atoms with Gasteiger partial charge in [0, 0.05) is 20.2 Å². The zero-order valence-corrected chi connectivity index (χ0v) is 11.3. The maximum atomic E-state index is 11.7. The van der Waals surface area contributed by atoms with Crippen molar-refractivity contribution in [2.75, 3.05) is 33.9 Å². The van der Waals surface area contributed by atoms with Crippen LogP contribution in [0.5, 0.6) is 0 Å². The molecule has 1 aromatic rings. The quantitative estimate of drug-likeness (QED) is 0.694. The standard InChI is InChI=1S/C14H21NO3/c1-4-15(9-10-17-2)11-12-7-5-6-8-13(12)14(16)18-3/h5-8H,4,9-11H2,1-3H3. The summed E-state index contributed by atoms with van der Waals surface area (Å²) in [6, 6.07) is 7.54. The molecule has 0 radical (unpaired) electrons. The van der Waals surface area contributed by atoms with E-state index in [1.54, 1.807) is 13.2 Å². The number of ether oxygens (including phenoxy) is 2. The van der Waals surface area contributed by atoms with Crippen LogP contribution in [0.15, 0.2) is 24.3 Å². The summed E-state index contributed by atoms with van der Waals surface area (Å²) < 4.78 is 9.87. The van der Waals surface area contributed by atoms with E-state index in [2.05, 4.69) is 11.8 Å². The van der Waals surface area contributed by atoms with Gasteiger partial charge < -0.3 is 9.47 Å². The van der Waals surface area contributed by atoms with Crippen molar-refractivity contribution in [2.45, 2.75) is 13.5 Å². The minimum atomic E-state index is -0.284. The molecular formula is C14H21NO3. The van der Waals surface area contributed by atoms with E-state index >= 15 is 0 Å². The highest BCUT2D eigenvalue weighted by Crippen LogP contribution is 2.12. The van der Waals surface area contributed by atoms with Crippen molar-refractivity contribution in [3.8, 4) is 0 Å². The number of esters is 1. The van der Waals surface area contributed by atoms with E-state index in [-0.39, 0.29) is 5.97 Å². The zero-order chi connectivity index (χ0) is 13.4. The molecule has 1 aromatic carbocycles. The third kappa shape index (κ3) is 4.13. The van der Waals surface area contributed by atoms with Crippen LogP contribution < -0.4 is 0 Å². The largest absolute Gasteiger partial charge is 0.465 e. The van der Waals surface area contributed by atoms with Crippen molar-refractivity contribution >= 4 is 5.97 Å². The zero-order valence-electron chi connectivity index (χ0n) is 11.3. The molecule has 18 heavy (non-hydrogen) atoms. The highest BCUT2D eigenvalue weighted by molar-refractivity contribution is 5.90. The Hall–Kier alpha value is -1.39. The first-order valence-corrected chi connectivity index (χ1v) is 6.10. The monoisotopic (exact) mass is 251 g/mol. The van der Waals surface area contributed by atoms with Gasteiger partial charge in [0.1, 0.15) is 0 Å². The lowest BCUT2D eigenvalue weighted by Gasteiger charge is -2.21. The highest BCUT2D eigenvalue weighted by atomic mass is 16.5. The first-order valence-electron chi connectivity index (χ1n) is 6.10. The molecule has 0 aliphatic carbocycles. The molecule has 0 N–H and O–H groups in total. The maximum Gasteiger partial charge on any atom is 0.338 e. The number of likely N-dealkylation sites (N-methyl/N-ethyl adjacent to an activating group) is 1. The van der Waals surface area contributed by atoms with Crippen molar-refractivity contribution in [1.82, 2.24) is 4.90 Å². The molecule has 0 aromatic heterocycles. The Morgan fingerprint density at radius 3 is 2.61 bits per heavy atom. The Kier molecular flexibility index (Phi) is 6.39. The average Bonchev–Trinajstić information content (AvgIpc) is 2.43. The van der Waals surface area contributed by atoms with Crippen molar-refractivity contribution in [3.63, 3.8) is 0 Å². The molecule has 0 amide bonds. The second-order valence-corrected chi connectivity index (χ2v) is 4.01. The van der Waals surface area contributed by atoms with Crippen LogP contribution in [0.1, 0.15) is 22.8 Å². The Balaban J connectivity index is 2.78. The molecule has 0 saturated heterocycles. The molecule has 100 valence electrons. The van der Waals surface area contributed by atoms with Gasteiger partial charge in [0.15, 0.2) is 0 Å². The molecule has 0 aliphatic heterocycles. The lowest BCUT2D eigenvalue weighted by Crippen LogP contribution is -2.27. The van der Waals surface area contributed by atoms with Gasteiger partial charge in [-0.3, -0.25) is 4.90 Å². The van der Waals surface area contributed by atoms with E-state index in [9.17, 15) is 4.79 Å². The molecule has 0 saturated carbocycles. The number of hydrogen-bond acceptors (Lipinski definition) is 4. The summed E-state index contributed by atoms with van der Waals surface area (Å²) in [5.74, 6) is -0.284. The fourth-order valence-electron chi connectivity index (χ4n) is 1.78. The molecular weight excluding hydrogens is 230 g/mol. The van der Waals surface area contributed by atoms with Gasteiger partial charge in [0.25, 0.3) is 0 Å². The van der Waals surface area contributed by atoms with E-state index < -0.39 is 0 Å². The van der Waals surface area contributed by atoms with E-state index in [1.807, 2.05) is 18.2 Å². The van der Waals surface area contributed by atoms with Crippen LogP contribution in [0.2, 0.25) is 0 Å². The molecule has 0 unspecified atom stereocenters. The predicted octanol–water partition coefficient (Wildman–Crippen LogP) is 1.94. The third-order valence-electron chi connectivity index (χ3n) is 2.88. The van der Waals surface area contributed by atoms with Crippen LogP contribution in [0.4, 0.5) is 0 Å². The molecule has 4 heteroatoms. The van der Waals surface area contributed by atoms with Crippen molar-refractivity contribution in [3.05, 3.63) is 35.4 Å². The summed E-state index contributed by atoms with van der Waals surface area (Å²) in [4.78, 5) is 13.9. The lowest BCUT2D eigenvalue weighted by molar-refractivity contribution is 0.0598. The van der Waals surface area contributed by atoms with Crippen molar-refractivity contribution in [2.24, 2.45) is 0 Å². The number of methoxy groups -OCH3 is 2. The van der Waals surface area contributed by atoms with Crippen LogP contribution >= 0.6 is 0 Å². The average molecular weight is 251 g/mol. The molecule has 4 nitrogen and oxygen atoms in total. The van der Waals surface area contributed by atoms with Gasteiger partial charge in [-0.2, -0.15) is 0 Å². The molecule has 0 atom stereocenters. The molecule has 0 fully saturated rings. The number of carbonyl (C=O) groups is 1. The number of nitrogens with zero attached hydrogens (tertiary/aromatic N) is 1. The number of rotatable bonds is 7. The van der Waals surface area contributed by atoms with Gasteiger partial charge in [0.05, 0.1) is 19.3 Å². The Labute approximate surface area is 108 Å². The van der Waals surface area contributed by atoms with Crippen LogP contribution in [0.25, 0.3) is 0 Å². The second kappa shape index (κ2) is 7.84. The Morgan fingerprint density at radius 2 is 2.00 bits per heavy atom. The SMILES string of the molecule is CCN(CCOC)Cc1ccccc1C(=O)OC. The molecule has 0 bridgehead atoms. The van der Waals surface area contributed by atoms with Crippen LogP contribution in [0.3, 0.4) is 0 Å². The summed E-state index contributed by atoms with van der Waals surface area (Å²) >= 11 is 0. The Bertz CT molecular complexity index is 379. The molecule has 0 heterocycles. The number of benzene rings is 1. The van der Waals surface area contributed by atoms with E-state index in [0.717, 1.165) is 25.2 Å². The fourth-order valence-corrected chi connectivity index (χ4v) is 1.78. The summed E-state index contributed by atoms with van der Waals surface area (Å²) in [5, 5.41) is 0. The highest BCUT2D eigenvalue weighted by Gasteiger charge is 2.13. The fraction of sp³-hybridized carbons (Fsp3) is 0.500. The lowest BCUT2D eigenvalue weighted by atomic mass is 10.1. The molecule has 1 rings (SSSR count). The minimum Gasteiger partial charge on any atom is -0.465 e. The normalized spacial score (nSPS) is 10.7. The predicted molar refractivity (Wildman–Crippen MR) is 70.6 cm³/mol. The summed E-state index contributed by atoms with van der Waals surface area (Å²) in [7, 11) is 3.10. The second-order valence-electron chi connectivity index (χ2n) is 4.01. The van der Waals surface area contributed by atoms with Crippen LogP contribution in [-0.4, -0.2) is 44.8 Å². The Morgan fingerprint density at radius 1 is 1.28 bits per heavy atom. The topological polar surface area (TPSA) is 38.8 Å². The van der Waals surface area contributed by atoms with E-state index in [0.29, 0.717) is 12.2 Å². The maximum absolute atomic E-state index is 11.7. The number of carbonyl (C=O) groups excluding carboxylic acids is 1. The van der Waals surface area contributed by atoms with Gasteiger partial charge in [-0.05, 0) is 18.2 Å². The first kappa shape index (κ1) is 14.7. The van der Waals surface area contributed by atoms with Crippen molar-refractivity contribution in [1.29, 1.82) is 0 Å². The van der Waals surface area contributed by atoms with Gasteiger partial charge in [-0.15, -0.1) is 0 Å². The minimum absolute atomic E-state index is 0.284.